The first-order chi connectivity index (χ1) is 6.90. The molecule has 0 aliphatic heterocycles. The zero-order valence-electron chi connectivity index (χ0n) is 10.7. The molecule has 0 spiro atoms. The molecular weight excluding hydrogens is 311 g/mol. The van der Waals surface area contributed by atoms with Gasteiger partial charge in [-0.05, 0) is 0 Å². The van der Waals surface area contributed by atoms with Crippen LogP contribution in [-0.4, -0.2) is 31.4 Å². The highest BCUT2D eigenvalue weighted by atomic mass is 127. The van der Waals surface area contributed by atoms with E-state index in [1.807, 2.05) is 6.07 Å². The van der Waals surface area contributed by atoms with E-state index in [0.29, 0.717) is 10.5 Å². The molecule has 90 valence electrons. The van der Waals surface area contributed by atoms with Crippen LogP contribution < -0.4 is 24.0 Å². The molecule has 0 bridgehead atoms. The average molecular weight is 332 g/mol. The molecule has 2 nitrogen and oxygen atoms in total. The molecule has 0 unspecified atom stereocenters. The molecule has 0 amide bonds. The van der Waals surface area contributed by atoms with Crippen LogP contribution in [-0.2, 0) is 0 Å². The van der Waals surface area contributed by atoms with E-state index in [1.165, 1.54) is 11.3 Å². The van der Waals surface area contributed by atoms with Gasteiger partial charge in [0.2, 0.25) is 0 Å². The second kappa shape index (κ2) is 6.35. The van der Waals surface area contributed by atoms with Crippen molar-refractivity contribution in [2.24, 2.45) is 11.0 Å². The molecule has 3 heteroatoms. The molecule has 16 heavy (non-hydrogen) atoms. The maximum Gasteiger partial charge on any atom is 0.106 e. The summed E-state index contributed by atoms with van der Waals surface area (Å²) in [4.78, 5) is 0. The number of quaternary nitrogens is 1. The first-order valence-electron chi connectivity index (χ1n) is 5.37. The van der Waals surface area contributed by atoms with Crippen LogP contribution in [0.25, 0.3) is 0 Å². The van der Waals surface area contributed by atoms with E-state index >= 15 is 0 Å². The van der Waals surface area contributed by atoms with Crippen molar-refractivity contribution in [1.29, 1.82) is 0 Å². The van der Waals surface area contributed by atoms with Crippen LogP contribution in [0.5, 0.6) is 0 Å². The number of rotatable bonds is 3. The minimum Gasteiger partial charge on any atom is -1.00 e. The van der Waals surface area contributed by atoms with Gasteiger partial charge in [-0.3, -0.25) is 0 Å². The van der Waals surface area contributed by atoms with Gasteiger partial charge in [0.05, 0.1) is 21.1 Å². The second-order valence-electron chi connectivity index (χ2n) is 4.95. The standard InChI is InChI=1S/C13H21N2.HI/c1-11(2)13(14-15(3,4)5)12-9-7-6-8-10-12;/h6-11H,1-5H3;1H/q+1;/p-1. The van der Waals surface area contributed by atoms with Crippen LogP contribution >= 0.6 is 0 Å². The lowest BCUT2D eigenvalue weighted by Gasteiger charge is -2.19. The largest absolute Gasteiger partial charge is 1.00 e. The topological polar surface area (TPSA) is 12.4 Å². The van der Waals surface area contributed by atoms with E-state index in [0.717, 1.165) is 0 Å². The minimum absolute atomic E-state index is 0. The predicted octanol–water partition coefficient (Wildman–Crippen LogP) is -0.243. The van der Waals surface area contributed by atoms with Gasteiger partial charge in [0.15, 0.2) is 0 Å². The van der Waals surface area contributed by atoms with E-state index in [1.54, 1.807) is 0 Å². The van der Waals surface area contributed by atoms with Gasteiger partial charge >= 0.3 is 0 Å². The lowest BCUT2D eigenvalue weighted by molar-refractivity contribution is -0.877. The molecule has 0 radical (unpaired) electrons. The van der Waals surface area contributed by atoms with Gasteiger partial charge in [0.1, 0.15) is 5.71 Å². The lowest BCUT2D eigenvalue weighted by Crippen LogP contribution is -3.00. The third-order valence-electron chi connectivity index (χ3n) is 2.02. The summed E-state index contributed by atoms with van der Waals surface area (Å²) < 4.78 is 0.613. The fraction of sp³-hybridized carbons (Fsp3) is 0.462. The average Bonchev–Trinajstić information content (AvgIpc) is 2.14. The summed E-state index contributed by atoms with van der Waals surface area (Å²) in [5.41, 5.74) is 2.39. The normalized spacial score (nSPS) is 12.5. The molecule has 0 aliphatic rings. The van der Waals surface area contributed by atoms with Crippen LogP contribution in [0.4, 0.5) is 0 Å². The molecule has 0 atom stereocenters. The summed E-state index contributed by atoms with van der Waals surface area (Å²) in [5.74, 6) is 0.449. The highest BCUT2D eigenvalue weighted by Gasteiger charge is 2.14. The Kier molecular flexibility index (Phi) is 6.18. The zero-order valence-corrected chi connectivity index (χ0v) is 12.9. The van der Waals surface area contributed by atoms with E-state index in [9.17, 15) is 0 Å². The number of hydrogen-bond donors (Lipinski definition) is 0. The highest BCUT2D eigenvalue weighted by molar-refractivity contribution is 6.01. The van der Waals surface area contributed by atoms with Crippen molar-refractivity contribution in [3.63, 3.8) is 0 Å². The van der Waals surface area contributed by atoms with Crippen LogP contribution in [0.1, 0.15) is 19.4 Å². The first kappa shape index (κ1) is 15.6. The van der Waals surface area contributed by atoms with Gasteiger partial charge in [-0.15, -0.1) is 0 Å². The van der Waals surface area contributed by atoms with Gasteiger partial charge in [-0.25, -0.2) is 4.59 Å². The van der Waals surface area contributed by atoms with Crippen LogP contribution in [0.2, 0.25) is 0 Å². The minimum atomic E-state index is 0. The maximum atomic E-state index is 4.73. The molecule has 0 saturated heterocycles. The van der Waals surface area contributed by atoms with Crippen molar-refractivity contribution in [3.8, 4) is 0 Å². The summed E-state index contributed by atoms with van der Waals surface area (Å²) in [5, 5.41) is 4.73. The van der Waals surface area contributed by atoms with Crippen molar-refractivity contribution in [2.75, 3.05) is 21.1 Å². The van der Waals surface area contributed by atoms with Crippen molar-refractivity contribution >= 4 is 5.71 Å². The Morgan fingerprint density at radius 1 is 1.06 bits per heavy atom. The Hall–Kier alpha value is -0.420. The summed E-state index contributed by atoms with van der Waals surface area (Å²) in [6, 6.07) is 10.4. The van der Waals surface area contributed by atoms with Crippen molar-refractivity contribution in [1.82, 2.24) is 0 Å². The Morgan fingerprint density at radius 2 is 1.56 bits per heavy atom. The number of nitrogens with zero attached hydrogens (tertiary/aromatic N) is 2. The third-order valence-corrected chi connectivity index (χ3v) is 2.02. The predicted molar refractivity (Wildman–Crippen MR) is 65.8 cm³/mol. The number of benzene rings is 1. The third kappa shape index (κ3) is 5.07. The Balaban J connectivity index is 0.00000225. The molecule has 0 saturated carbocycles. The van der Waals surface area contributed by atoms with Crippen LogP contribution in [0.15, 0.2) is 35.4 Å². The maximum absolute atomic E-state index is 4.73. The van der Waals surface area contributed by atoms with Crippen molar-refractivity contribution in [2.45, 2.75) is 13.8 Å². The van der Waals surface area contributed by atoms with Crippen molar-refractivity contribution in [3.05, 3.63) is 35.9 Å². The Morgan fingerprint density at radius 3 is 1.94 bits per heavy atom. The molecule has 0 aromatic heterocycles. The van der Waals surface area contributed by atoms with E-state index in [-0.39, 0.29) is 24.0 Å². The highest BCUT2D eigenvalue weighted by Crippen LogP contribution is 2.11. The summed E-state index contributed by atoms with van der Waals surface area (Å²) in [6.45, 7) is 4.36. The lowest BCUT2D eigenvalue weighted by atomic mass is 10.0. The Bertz CT molecular complexity index is 337. The molecule has 0 fully saturated rings. The molecule has 0 N–H and O–H groups in total. The van der Waals surface area contributed by atoms with Crippen LogP contribution in [0, 0.1) is 5.92 Å². The van der Waals surface area contributed by atoms with Gasteiger partial charge in [0.25, 0.3) is 0 Å². The zero-order chi connectivity index (χ0) is 11.5. The smallest absolute Gasteiger partial charge is 0.106 e. The molecule has 1 aromatic carbocycles. The Labute approximate surface area is 116 Å². The summed E-state index contributed by atoms with van der Waals surface area (Å²) in [6.07, 6.45) is 0. The van der Waals surface area contributed by atoms with E-state index in [4.69, 9.17) is 5.10 Å². The number of halogens is 1. The quantitative estimate of drug-likeness (QED) is 0.314. The number of hydrogen-bond acceptors (Lipinski definition) is 1. The van der Waals surface area contributed by atoms with Gasteiger partial charge in [-0.2, -0.15) is 0 Å². The summed E-state index contributed by atoms with van der Waals surface area (Å²) in [7, 11) is 6.22. The second-order valence-corrected chi connectivity index (χ2v) is 4.95. The molecule has 0 heterocycles. The fourth-order valence-corrected chi connectivity index (χ4v) is 1.44. The molecule has 0 aliphatic carbocycles. The van der Waals surface area contributed by atoms with Crippen molar-refractivity contribution < 1.29 is 28.6 Å². The first-order valence-corrected chi connectivity index (χ1v) is 5.37. The fourth-order valence-electron chi connectivity index (χ4n) is 1.44. The molecule has 1 aromatic rings. The monoisotopic (exact) mass is 332 g/mol. The van der Waals surface area contributed by atoms with E-state index < -0.39 is 0 Å². The van der Waals surface area contributed by atoms with Crippen LogP contribution in [0.3, 0.4) is 0 Å². The van der Waals surface area contributed by atoms with E-state index in [2.05, 4.69) is 59.3 Å². The van der Waals surface area contributed by atoms with Gasteiger partial charge in [0, 0.05) is 11.5 Å². The molecular formula is C13H21IN2. The van der Waals surface area contributed by atoms with Gasteiger partial charge in [-0.1, -0.05) is 49.3 Å². The SMILES string of the molecule is CC(C)C(=N[N+](C)(C)C)c1ccccc1.[I-]. The van der Waals surface area contributed by atoms with Gasteiger partial charge < -0.3 is 24.0 Å². The summed E-state index contributed by atoms with van der Waals surface area (Å²) >= 11 is 0. The molecule has 1 rings (SSSR count).